The minimum absolute atomic E-state index is 0.0137. The molecule has 0 radical (unpaired) electrons. The van der Waals surface area contributed by atoms with Gasteiger partial charge in [0.25, 0.3) is 0 Å². The van der Waals surface area contributed by atoms with E-state index in [9.17, 15) is 14.3 Å². The number of hydrogen-bond donors (Lipinski definition) is 3. The van der Waals surface area contributed by atoms with Crippen LogP contribution in [0.15, 0.2) is 36.5 Å². The zero-order valence-electron chi connectivity index (χ0n) is 18.7. The number of nitrogens with zero attached hydrogens (tertiary/aromatic N) is 1. The molecule has 7 heteroatoms. The molecular formula is C25H32FN3O3. The summed E-state index contributed by atoms with van der Waals surface area (Å²) in [6.45, 7) is 3.81. The van der Waals surface area contributed by atoms with Crippen LogP contribution in [0.3, 0.4) is 0 Å². The summed E-state index contributed by atoms with van der Waals surface area (Å²) in [5.41, 5.74) is 2.72. The highest BCUT2D eigenvalue weighted by Crippen LogP contribution is 2.48. The van der Waals surface area contributed by atoms with Crippen molar-refractivity contribution in [3.63, 3.8) is 0 Å². The molecule has 3 atom stereocenters. The number of amides is 1. The van der Waals surface area contributed by atoms with E-state index in [1.165, 1.54) is 19.1 Å². The summed E-state index contributed by atoms with van der Waals surface area (Å²) in [7, 11) is 0. The number of rotatable bonds is 8. The van der Waals surface area contributed by atoms with Gasteiger partial charge in [-0.15, -0.1) is 0 Å². The predicted octanol–water partition coefficient (Wildman–Crippen LogP) is 3.23. The van der Waals surface area contributed by atoms with Crippen molar-refractivity contribution in [2.45, 2.75) is 76.2 Å². The third-order valence-electron chi connectivity index (χ3n) is 6.64. The molecule has 0 unspecified atom stereocenters. The van der Waals surface area contributed by atoms with Gasteiger partial charge in [0.2, 0.25) is 11.8 Å². The molecule has 172 valence electrons. The number of carbonyl (C=O) groups excluding carboxylic acids is 1. The number of carbonyl (C=O) groups is 1. The molecular weight excluding hydrogens is 409 g/mol. The molecule has 32 heavy (non-hydrogen) atoms. The van der Waals surface area contributed by atoms with Crippen LogP contribution in [0.4, 0.5) is 4.39 Å². The van der Waals surface area contributed by atoms with Crippen LogP contribution in [-0.4, -0.2) is 40.3 Å². The van der Waals surface area contributed by atoms with Crippen molar-refractivity contribution in [1.82, 2.24) is 15.6 Å². The van der Waals surface area contributed by atoms with Gasteiger partial charge in [0.1, 0.15) is 11.4 Å². The summed E-state index contributed by atoms with van der Waals surface area (Å²) < 4.78 is 19.9. The number of nitrogens with one attached hydrogen (secondary N) is 2. The van der Waals surface area contributed by atoms with Crippen LogP contribution in [0.2, 0.25) is 0 Å². The van der Waals surface area contributed by atoms with Gasteiger partial charge in [0, 0.05) is 37.7 Å². The Labute approximate surface area is 188 Å². The lowest BCUT2D eigenvalue weighted by atomic mass is 9.73. The van der Waals surface area contributed by atoms with Gasteiger partial charge in [-0.2, -0.15) is 0 Å². The number of pyridine rings is 1. The van der Waals surface area contributed by atoms with Gasteiger partial charge >= 0.3 is 0 Å². The Morgan fingerprint density at radius 1 is 1.34 bits per heavy atom. The third kappa shape index (κ3) is 5.10. The first-order chi connectivity index (χ1) is 15.4. The molecule has 0 bridgehead atoms. The van der Waals surface area contributed by atoms with E-state index >= 15 is 0 Å². The molecule has 2 heterocycles. The molecule has 1 aromatic carbocycles. The van der Waals surface area contributed by atoms with Crippen LogP contribution >= 0.6 is 0 Å². The van der Waals surface area contributed by atoms with Crippen molar-refractivity contribution < 1.29 is 19.0 Å². The summed E-state index contributed by atoms with van der Waals surface area (Å²) >= 11 is 0. The van der Waals surface area contributed by atoms with Gasteiger partial charge in [-0.3, -0.25) is 4.79 Å². The van der Waals surface area contributed by atoms with Crippen molar-refractivity contribution in [3.05, 3.63) is 59.0 Å². The highest BCUT2D eigenvalue weighted by molar-refractivity contribution is 5.73. The highest BCUT2D eigenvalue weighted by atomic mass is 19.1. The van der Waals surface area contributed by atoms with Crippen LogP contribution in [0, 0.1) is 5.82 Å². The van der Waals surface area contributed by atoms with Crippen molar-refractivity contribution in [2.75, 3.05) is 6.54 Å². The standard InChI is InChI=1S/C25H32FN3O3/c1-3-17-11-20-22(13-25(8-5-9-25)32-24(20)28-14-17)27-15-23(31)21(29-16(2)30)12-18-6-4-7-19(26)10-18/h4,6-7,10-11,14,21-23,27,31H,3,5,8-9,12-13,15H2,1-2H3,(H,29,30)/t21-,22-,23+/m0/s1. The Morgan fingerprint density at radius 3 is 2.81 bits per heavy atom. The minimum atomic E-state index is -0.840. The number of aliphatic hydroxyl groups excluding tert-OH is 1. The number of aromatic nitrogens is 1. The lowest BCUT2D eigenvalue weighted by Gasteiger charge is -2.47. The Morgan fingerprint density at radius 2 is 2.16 bits per heavy atom. The molecule has 6 nitrogen and oxygen atoms in total. The Hall–Kier alpha value is -2.51. The summed E-state index contributed by atoms with van der Waals surface area (Å²) in [4.78, 5) is 16.3. The van der Waals surface area contributed by atoms with Crippen LogP contribution in [-0.2, 0) is 17.6 Å². The molecule has 0 saturated heterocycles. The van der Waals surface area contributed by atoms with Gasteiger partial charge in [-0.05, 0) is 61.4 Å². The van der Waals surface area contributed by atoms with Crippen molar-refractivity contribution in [1.29, 1.82) is 0 Å². The van der Waals surface area contributed by atoms with E-state index in [1.807, 2.05) is 6.20 Å². The fraction of sp³-hybridized carbons (Fsp3) is 0.520. The number of aryl methyl sites for hydroxylation is 1. The molecule has 1 aliphatic heterocycles. The van der Waals surface area contributed by atoms with E-state index in [4.69, 9.17) is 4.74 Å². The van der Waals surface area contributed by atoms with Crippen LogP contribution in [0.1, 0.15) is 62.3 Å². The Kier molecular flexibility index (Phi) is 6.76. The second-order valence-corrected chi connectivity index (χ2v) is 9.10. The van der Waals surface area contributed by atoms with Gasteiger partial charge in [0.15, 0.2) is 0 Å². The van der Waals surface area contributed by atoms with E-state index in [-0.39, 0.29) is 29.9 Å². The smallest absolute Gasteiger partial charge is 0.218 e. The Bertz CT molecular complexity index is 963. The first-order valence-electron chi connectivity index (χ1n) is 11.5. The van der Waals surface area contributed by atoms with Crippen LogP contribution in [0.5, 0.6) is 5.88 Å². The molecule has 1 saturated carbocycles. The van der Waals surface area contributed by atoms with E-state index in [0.29, 0.717) is 12.3 Å². The van der Waals surface area contributed by atoms with Crippen LogP contribution < -0.4 is 15.4 Å². The predicted molar refractivity (Wildman–Crippen MR) is 120 cm³/mol. The molecule has 3 N–H and O–H groups in total. The van der Waals surface area contributed by atoms with Crippen molar-refractivity contribution in [3.8, 4) is 5.88 Å². The lowest BCUT2D eigenvalue weighted by molar-refractivity contribution is -0.120. The maximum absolute atomic E-state index is 13.6. The number of hydrogen-bond acceptors (Lipinski definition) is 5. The van der Waals surface area contributed by atoms with E-state index < -0.39 is 12.1 Å². The molecule has 1 amide bonds. The van der Waals surface area contributed by atoms with E-state index in [1.54, 1.807) is 12.1 Å². The number of benzene rings is 1. The van der Waals surface area contributed by atoms with Crippen molar-refractivity contribution in [2.24, 2.45) is 0 Å². The highest BCUT2D eigenvalue weighted by Gasteiger charge is 2.46. The summed E-state index contributed by atoms with van der Waals surface area (Å²) in [5.74, 6) is 0.117. The van der Waals surface area contributed by atoms with E-state index in [2.05, 4.69) is 28.6 Å². The summed E-state index contributed by atoms with van der Waals surface area (Å²) in [6, 6.07) is 7.86. The number of ether oxygens (including phenoxy) is 1. The molecule has 1 aliphatic carbocycles. The Balaban J connectivity index is 1.48. The van der Waals surface area contributed by atoms with Crippen LogP contribution in [0.25, 0.3) is 0 Å². The molecule has 1 aromatic heterocycles. The molecule has 4 rings (SSSR count). The molecule has 2 aromatic rings. The number of halogens is 1. The largest absolute Gasteiger partial charge is 0.471 e. The van der Waals surface area contributed by atoms with Crippen molar-refractivity contribution >= 4 is 5.91 Å². The zero-order valence-corrected chi connectivity index (χ0v) is 18.7. The topological polar surface area (TPSA) is 83.5 Å². The average Bonchev–Trinajstić information content (AvgIpc) is 2.75. The number of fused-ring (bicyclic) bond motifs is 1. The summed E-state index contributed by atoms with van der Waals surface area (Å²) in [6.07, 6.45) is 6.26. The minimum Gasteiger partial charge on any atom is -0.471 e. The van der Waals surface area contributed by atoms with Gasteiger partial charge < -0.3 is 20.5 Å². The average molecular weight is 442 g/mol. The fourth-order valence-corrected chi connectivity index (χ4v) is 4.70. The first kappa shape index (κ1) is 22.7. The van der Waals surface area contributed by atoms with Gasteiger partial charge in [-0.1, -0.05) is 19.1 Å². The van der Waals surface area contributed by atoms with Gasteiger partial charge in [-0.25, -0.2) is 9.37 Å². The maximum atomic E-state index is 13.6. The first-order valence-corrected chi connectivity index (χ1v) is 11.5. The molecule has 1 fully saturated rings. The molecule has 1 spiro atoms. The second kappa shape index (κ2) is 9.55. The monoisotopic (exact) mass is 441 g/mol. The van der Waals surface area contributed by atoms with Gasteiger partial charge in [0.05, 0.1) is 12.1 Å². The van der Waals surface area contributed by atoms with E-state index in [0.717, 1.165) is 48.8 Å². The molecule has 2 aliphatic rings. The second-order valence-electron chi connectivity index (χ2n) is 9.10. The summed E-state index contributed by atoms with van der Waals surface area (Å²) in [5, 5.41) is 17.3. The lowest BCUT2D eigenvalue weighted by Crippen LogP contribution is -2.52. The quantitative estimate of drug-likeness (QED) is 0.586. The third-order valence-corrected chi connectivity index (χ3v) is 6.64. The SMILES string of the molecule is CCc1cnc2c(c1)[C@@H](NC[C@@H](O)[C@H](Cc1cccc(F)c1)NC(C)=O)CC1(CCC1)O2. The fourth-order valence-electron chi connectivity index (χ4n) is 4.70. The normalized spacial score (nSPS) is 20.6. The zero-order chi connectivity index (χ0) is 22.7. The number of aliphatic hydroxyl groups is 1. The maximum Gasteiger partial charge on any atom is 0.218 e.